The van der Waals surface area contributed by atoms with E-state index in [-0.39, 0.29) is 18.4 Å². The number of piperidine rings is 1. The lowest BCUT2D eigenvalue weighted by atomic mass is 10.1. The molecule has 0 radical (unpaired) electrons. The maximum Gasteiger partial charge on any atom is 0.227 e. The van der Waals surface area contributed by atoms with Gasteiger partial charge < -0.3 is 20.6 Å². The summed E-state index contributed by atoms with van der Waals surface area (Å²) in [5.74, 6) is 2.25. The number of anilines is 3. The van der Waals surface area contributed by atoms with Crippen molar-refractivity contribution in [2.75, 3.05) is 35.2 Å². The van der Waals surface area contributed by atoms with E-state index in [4.69, 9.17) is 10.1 Å². The predicted molar refractivity (Wildman–Crippen MR) is 135 cm³/mol. The van der Waals surface area contributed by atoms with Gasteiger partial charge in [-0.2, -0.15) is 9.61 Å². The van der Waals surface area contributed by atoms with Gasteiger partial charge in [-0.1, -0.05) is 12.1 Å². The highest BCUT2D eigenvalue weighted by molar-refractivity contribution is 9.10. The van der Waals surface area contributed by atoms with Crippen molar-refractivity contribution < 1.29 is 9.90 Å². The number of aliphatic hydroxyl groups excluding tert-OH is 1. The van der Waals surface area contributed by atoms with Gasteiger partial charge in [-0.05, 0) is 72.7 Å². The zero-order chi connectivity index (χ0) is 23.2. The van der Waals surface area contributed by atoms with Gasteiger partial charge in [-0.25, -0.2) is 4.98 Å². The Balaban J connectivity index is 0.000000821. The zero-order valence-corrected chi connectivity index (χ0v) is 20.5. The third-order valence-corrected chi connectivity index (χ3v) is 6.30. The van der Waals surface area contributed by atoms with Gasteiger partial charge in [0.15, 0.2) is 5.65 Å². The number of amides is 1. The first-order valence-electron chi connectivity index (χ1n) is 11.6. The number of aliphatic hydroxyl groups is 1. The second-order valence-electron chi connectivity index (χ2n) is 8.41. The fourth-order valence-electron chi connectivity index (χ4n) is 3.82. The Morgan fingerprint density at radius 1 is 1.18 bits per heavy atom. The van der Waals surface area contributed by atoms with Gasteiger partial charge in [0.05, 0.1) is 10.7 Å². The summed E-state index contributed by atoms with van der Waals surface area (Å²) in [4.78, 5) is 19.1. The van der Waals surface area contributed by atoms with Gasteiger partial charge in [0.2, 0.25) is 5.91 Å². The van der Waals surface area contributed by atoms with Crippen LogP contribution in [0.2, 0.25) is 0 Å². The van der Waals surface area contributed by atoms with Crippen LogP contribution in [0.1, 0.15) is 44.6 Å². The van der Waals surface area contributed by atoms with Gasteiger partial charge in [0.1, 0.15) is 11.6 Å². The van der Waals surface area contributed by atoms with Crippen molar-refractivity contribution in [3.8, 4) is 0 Å². The molecule has 33 heavy (non-hydrogen) atoms. The SMILES string of the molecule is CCO.O=C(Nc1ccc(CNc2cc(N3CCCCC3)nc3c(Br)cnn23)cc1)C1CC1. The minimum atomic E-state index is 0.134. The van der Waals surface area contributed by atoms with Gasteiger partial charge in [0, 0.05) is 43.9 Å². The van der Waals surface area contributed by atoms with Crippen LogP contribution >= 0.6 is 15.9 Å². The van der Waals surface area contributed by atoms with Gasteiger partial charge in [-0.3, -0.25) is 4.79 Å². The molecule has 3 N–H and O–H groups in total. The molecule has 0 atom stereocenters. The van der Waals surface area contributed by atoms with Gasteiger partial charge in [-0.15, -0.1) is 0 Å². The summed E-state index contributed by atoms with van der Waals surface area (Å²) in [5.41, 5.74) is 2.80. The maximum absolute atomic E-state index is 11.9. The minimum absolute atomic E-state index is 0.134. The monoisotopic (exact) mass is 514 g/mol. The number of nitrogens with one attached hydrogen (secondary N) is 2. The standard InChI is InChI=1S/C22H25BrN6O.C2H6O/c23-18-14-25-29-19(12-20(27-21(18)29)28-10-2-1-3-11-28)24-13-15-4-8-17(9-5-15)26-22(30)16-6-7-16;1-2-3/h4-5,8-9,12,14,16,24H,1-3,6-7,10-11,13H2,(H,26,30);3H,2H2,1H3. The van der Waals surface area contributed by atoms with E-state index in [0.717, 1.165) is 58.9 Å². The van der Waals surface area contributed by atoms with Crippen molar-refractivity contribution in [2.24, 2.45) is 5.92 Å². The highest BCUT2D eigenvalue weighted by Gasteiger charge is 2.29. The molecule has 1 aromatic carbocycles. The van der Waals surface area contributed by atoms with E-state index < -0.39 is 0 Å². The molecule has 0 unspecified atom stereocenters. The van der Waals surface area contributed by atoms with E-state index in [1.54, 1.807) is 13.1 Å². The van der Waals surface area contributed by atoms with E-state index in [0.29, 0.717) is 6.54 Å². The summed E-state index contributed by atoms with van der Waals surface area (Å²) >= 11 is 3.57. The van der Waals surface area contributed by atoms with Crippen LogP contribution in [0.3, 0.4) is 0 Å². The number of fused-ring (bicyclic) bond motifs is 1. The largest absolute Gasteiger partial charge is 0.397 e. The molecule has 8 nitrogen and oxygen atoms in total. The summed E-state index contributed by atoms with van der Waals surface area (Å²) < 4.78 is 2.72. The Hall–Kier alpha value is -2.65. The number of hydrogen-bond acceptors (Lipinski definition) is 6. The lowest BCUT2D eigenvalue weighted by Gasteiger charge is -2.28. The Morgan fingerprint density at radius 3 is 2.55 bits per heavy atom. The average molecular weight is 515 g/mol. The summed E-state index contributed by atoms with van der Waals surface area (Å²) in [6.45, 7) is 4.68. The van der Waals surface area contributed by atoms with Crippen molar-refractivity contribution in [3.05, 3.63) is 46.6 Å². The first kappa shape index (κ1) is 23.5. The topological polar surface area (TPSA) is 94.8 Å². The molecule has 3 heterocycles. The third-order valence-electron chi connectivity index (χ3n) is 5.74. The van der Waals surface area contributed by atoms with Gasteiger partial charge >= 0.3 is 0 Å². The van der Waals surface area contributed by atoms with Crippen LogP contribution in [0.5, 0.6) is 0 Å². The average Bonchev–Trinajstić information content (AvgIpc) is 3.63. The molecule has 9 heteroatoms. The first-order valence-corrected chi connectivity index (χ1v) is 12.4. The van der Waals surface area contributed by atoms with Crippen LogP contribution in [0.4, 0.5) is 17.3 Å². The second-order valence-corrected chi connectivity index (χ2v) is 9.26. The van der Waals surface area contributed by atoms with Crippen molar-refractivity contribution in [2.45, 2.75) is 45.6 Å². The normalized spacial score (nSPS) is 15.7. The molecule has 2 aromatic heterocycles. The van der Waals surface area contributed by atoms with Crippen LogP contribution in [-0.4, -0.2) is 45.3 Å². The zero-order valence-electron chi connectivity index (χ0n) is 18.9. The summed E-state index contributed by atoms with van der Waals surface area (Å²) in [5, 5.41) is 18.5. The fraction of sp³-hybridized carbons (Fsp3) is 0.458. The molecule has 1 saturated carbocycles. The first-order chi connectivity index (χ1) is 16.1. The molecule has 3 aromatic rings. The number of halogens is 1. The van der Waals surface area contributed by atoms with E-state index in [9.17, 15) is 4.79 Å². The number of benzene rings is 1. The van der Waals surface area contributed by atoms with E-state index in [1.165, 1.54) is 19.3 Å². The van der Waals surface area contributed by atoms with Crippen LogP contribution < -0.4 is 15.5 Å². The Morgan fingerprint density at radius 2 is 1.88 bits per heavy atom. The third kappa shape index (κ3) is 6.03. The van der Waals surface area contributed by atoms with Crippen LogP contribution in [0.15, 0.2) is 41.0 Å². The van der Waals surface area contributed by atoms with Crippen LogP contribution in [-0.2, 0) is 11.3 Å². The number of aromatic nitrogens is 3. The number of rotatable bonds is 6. The molecule has 1 amide bonds. The molecule has 2 fully saturated rings. The van der Waals surface area contributed by atoms with Gasteiger partial charge in [0.25, 0.3) is 0 Å². The smallest absolute Gasteiger partial charge is 0.227 e. The lowest BCUT2D eigenvalue weighted by molar-refractivity contribution is -0.117. The Labute approximate surface area is 202 Å². The number of carbonyl (C=O) groups is 1. The highest BCUT2D eigenvalue weighted by atomic mass is 79.9. The molecule has 5 rings (SSSR count). The minimum Gasteiger partial charge on any atom is -0.397 e. The van der Waals surface area contributed by atoms with Crippen molar-refractivity contribution >= 4 is 44.8 Å². The Kier molecular flexibility index (Phi) is 7.82. The van der Waals surface area contributed by atoms with Crippen molar-refractivity contribution in [3.63, 3.8) is 0 Å². The molecule has 176 valence electrons. The number of carbonyl (C=O) groups excluding carboxylic acids is 1. The summed E-state index contributed by atoms with van der Waals surface area (Å²) in [6, 6.07) is 10.1. The molecule has 2 aliphatic rings. The Bertz CT molecular complexity index is 1070. The molecule has 1 aliphatic carbocycles. The lowest BCUT2D eigenvalue weighted by Crippen LogP contribution is -2.30. The van der Waals surface area contributed by atoms with Crippen LogP contribution in [0.25, 0.3) is 5.65 Å². The van der Waals surface area contributed by atoms with Crippen molar-refractivity contribution in [1.29, 1.82) is 0 Å². The molecule has 1 saturated heterocycles. The second kappa shape index (κ2) is 11.0. The maximum atomic E-state index is 11.9. The predicted octanol–water partition coefficient (Wildman–Crippen LogP) is 4.44. The summed E-state index contributed by atoms with van der Waals surface area (Å²) in [6.07, 6.45) is 7.51. The molecule has 0 spiro atoms. The fourth-order valence-corrected chi connectivity index (χ4v) is 4.17. The van der Waals surface area contributed by atoms with Crippen LogP contribution in [0, 0.1) is 5.92 Å². The quantitative estimate of drug-likeness (QED) is 0.450. The molecule has 1 aliphatic heterocycles. The van der Waals surface area contributed by atoms with Crippen molar-refractivity contribution in [1.82, 2.24) is 14.6 Å². The van der Waals surface area contributed by atoms with E-state index >= 15 is 0 Å². The number of hydrogen-bond donors (Lipinski definition) is 3. The van der Waals surface area contributed by atoms with E-state index in [2.05, 4.69) is 42.6 Å². The summed E-state index contributed by atoms with van der Waals surface area (Å²) in [7, 11) is 0. The molecule has 0 bridgehead atoms. The highest BCUT2D eigenvalue weighted by Crippen LogP contribution is 2.30. The van der Waals surface area contributed by atoms with E-state index in [1.807, 2.05) is 28.8 Å². The number of nitrogens with zero attached hydrogens (tertiary/aromatic N) is 4. The molecular weight excluding hydrogens is 484 g/mol. The molecular formula is C24H31BrN6O2.